The maximum atomic E-state index is 12.7. The molecular formula is C19H20Cl2N2O2S. The number of benzene rings is 1. The molecule has 4 nitrogen and oxygen atoms in total. The van der Waals surface area contributed by atoms with Crippen LogP contribution in [0.3, 0.4) is 0 Å². The first-order chi connectivity index (χ1) is 12.4. The molecule has 7 heteroatoms. The number of hydrogen-bond donors (Lipinski definition) is 0. The average molecular weight is 411 g/mol. The molecule has 1 aliphatic rings. The first kappa shape index (κ1) is 19.2. The van der Waals surface area contributed by atoms with Crippen molar-refractivity contribution in [3.8, 4) is 0 Å². The zero-order valence-electron chi connectivity index (χ0n) is 14.5. The lowest BCUT2D eigenvalue weighted by Gasteiger charge is -2.33. The van der Waals surface area contributed by atoms with Gasteiger partial charge in [0, 0.05) is 41.5 Å². The van der Waals surface area contributed by atoms with Crippen LogP contribution in [-0.4, -0.2) is 41.8 Å². The van der Waals surface area contributed by atoms with E-state index in [4.69, 9.17) is 23.2 Å². The zero-order valence-corrected chi connectivity index (χ0v) is 16.8. The maximum Gasteiger partial charge on any atom is 0.253 e. The third-order valence-electron chi connectivity index (χ3n) is 4.62. The second-order valence-corrected chi connectivity index (χ2v) is 8.71. The predicted octanol–water partition coefficient (Wildman–Crippen LogP) is 4.57. The molecule has 1 saturated heterocycles. The van der Waals surface area contributed by atoms with Gasteiger partial charge in [0.25, 0.3) is 5.91 Å². The highest BCUT2D eigenvalue weighted by molar-refractivity contribution is 7.16. The van der Waals surface area contributed by atoms with E-state index in [0.717, 1.165) is 9.21 Å². The van der Waals surface area contributed by atoms with Gasteiger partial charge in [0.1, 0.15) is 0 Å². The van der Waals surface area contributed by atoms with Crippen LogP contribution < -0.4 is 0 Å². The van der Waals surface area contributed by atoms with Gasteiger partial charge >= 0.3 is 0 Å². The Morgan fingerprint density at radius 3 is 2.35 bits per heavy atom. The van der Waals surface area contributed by atoms with Gasteiger partial charge in [0.15, 0.2) is 0 Å². The molecule has 1 fully saturated rings. The summed E-state index contributed by atoms with van der Waals surface area (Å²) in [5.41, 5.74) is 0.630. The molecule has 0 bridgehead atoms. The van der Waals surface area contributed by atoms with E-state index in [0.29, 0.717) is 43.1 Å². The Kier molecular flexibility index (Phi) is 6.22. The van der Waals surface area contributed by atoms with Crippen LogP contribution in [0.5, 0.6) is 0 Å². The van der Waals surface area contributed by atoms with E-state index in [-0.39, 0.29) is 17.7 Å². The van der Waals surface area contributed by atoms with Crippen molar-refractivity contribution in [3.05, 3.63) is 56.2 Å². The Bertz CT molecular complexity index is 783. The fraction of sp³-hybridized carbons (Fsp3) is 0.368. The Balaban J connectivity index is 1.53. The lowest BCUT2D eigenvalue weighted by Crippen LogP contribution is -2.43. The van der Waals surface area contributed by atoms with E-state index in [9.17, 15) is 9.59 Å². The second kappa shape index (κ2) is 8.42. The maximum absolute atomic E-state index is 12.7. The monoisotopic (exact) mass is 410 g/mol. The van der Waals surface area contributed by atoms with Gasteiger partial charge in [-0.3, -0.25) is 9.59 Å². The van der Waals surface area contributed by atoms with Crippen LogP contribution in [0.1, 0.15) is 28.1 Å². The van der Waals surface area contributed by atoms with Crippen molar-refractivity contribution in [3.63, 3.8) is 0 Å². The van der Waals surface area contributed by atoms with E-state index >= 15 is 0 Å². The molecule has 0 unspecified atom stereocenters. The topological polar surface area (TPSA) is 40.6 Å². The third-order valence-corrected chi connectivity index (χ3v) is 6.09. The molecular weight excluding hydrogens is 391 g/mol. The second-order valence-electron chi connectivity index (χ2n) is 6.47. The molecule has 0 spiro atoms. The summed E-state index contributed by atoms with van der Waals surface area (Å²) in [7, 11) is 1.82. The molecule has 3 rings (SSSR count). The van der Waals surface area contributed by atoms with Gasteiger partial charge in [-0.05, 0) is 49.2 Å². The van der Waals surface area contributed by atoms with Crippen molar-refractivity contribution >= 4 is 46.4 Å². The number of halogens is 2. The van der Waals surface area contributed by atoms with Crippen molar-refractivity contribution in [2.45, 2.75) is 19.4 Å². The number of amides is 2. The first-order valence-electron chi connectivity index (χ1n) is 8.48. The smallest absolute Gasteiger partial charge is 0.253 e. The predicted molar refractivity (Wildman–Crippen MR) is 106 cm³/mol. The minimum absolute atomic E-state index is 0.00542. The lowest BCUT2D eigenvalue weighted by atomic mass is 9.95. The number of piperidine rings is 1. The number of rotatable bonds is 4. The van der Waals surface area contributed by atoms with Crippen LogP contribution in [0.4, 0.5) is 0 Å². The van der Waals surface area contributed by atoms with Crippen LogP contribution in [-0.2, 0) is 11.3 Å². The largest absolute Gasteiger partial charge is 0.340 e. The van der Waals surface area contributed by atoms with Gasteiger partial charge in [-0.2, -0.15) is 0 Å². The van der Waals surface area contributed by atoms with Crippen LogP contribution in [0.15, 0.2) is 36.4 Å². The fourth-order valence-corrected chi connectivity index (χ4v) is 4.43. The number of likely N-dealkylation sites (tertiary alicyclic amines) is 1. The van der Waals surface area contributed by atoms with Crippen molar-refractivity contribution in [1.29, 1.82) is 0 Å². The number of thiophene rings is 1. The van der Waals surface area contributed by atoms with Crippen molar-refractivity contribution in [2.24, 2.45) is 5.92 Å². The summed E-state index contributed by atoms with van der Waals surface area (Å²) < 4.78 is 0.731. The number of hydrogen-bond acceptors (Lipinski definition) is 3. The minimum Gasteiger partial charge on any atom is -0.340 e. The Labute approximate surface area is 167 Å². The Morgan fingerprint density at radius 2 is 1.77 bits per heavy atom. The van der Waals surface area contributed by atoms with Crippen molar-refractivity contribution in [2.75, 3.05) is 20.1 Å². The van der Waals surface area contributed by atoms with Crippen molar-refractivity contribution in [1.82, 2.24) is 9.80 Å². The van der Waals surface area contributed by atoms with Crippen LogP contribution in [0, 0.1) is 5.92 Å². The molecule has 0 saturated carbocycles. The molecule has 0 aliphatic carbocycles. The molecule has 1 aromatic carbocycles. The normalized spacial score (nSPS) is 15.1. The van der Waals surface area contributed by atoms with Crippen LogP contribution in [0.25, 0.3) is 0 Å². The quantitative estimate of drug-likeness (QED) is 0.740. The van der Waals surface area contributed by atoms with Crippen LogP contribution >= 0.6 is 34.5 Å². The van der Waals surface area contributed by atoms with E-state index in [1.54, 1.807) is 29.2 Å². The van der Waals surface area contributed by atoms with E-state index in [1.807, 2.05) is 24.1 Å². The first-order valence-corrected chi connectivity index (χ1v) is 10.1. The van der Waals surface area contributed by atoms with Crippen molar-refractivity contribution < 1.29 is 9.59 Å². The summed E-state index contributed by atoms with van der Waals surface area (Å²) in [4.78, 5) is 29.8. The van der Waals surface area contributed by atoms with E-state index in [1.165, 1.54) is 11.3 Å². The molecule has 138 valence electrons. The highest BCUT2D eigenvalue weighted by atomic mass is 35.5. The zero-order chi connectivity index (χ0) is 18.7. The van der Waals surface area contributed by atoms with Gasteiger partial charge < -0.3 is 9.80 Å². The summed E-state index contributed by atoms with van der Waals surface area (Å²) in [6.07, 6.45) is 1.38. The molecule has 0 N–H and O–H groups in total. The Hall–Kier alpha value is -1.56. The van der Waals surface area contributed by atoms with E-state index < -0.39 is 0 Å². The molecule has 1 aromatic heterocycles. The van der Waals surface area contributed by atoms with Gasteiger partial charge in [-0.25, -0.2) is 0 Å². The number of carbonyl (C=O) groups excluding carboxylic acids is 2. The summed E-state index contributed by atoms with van der Waals surface area (Å²) in [6, 6.07) is 10.7. The molecule has 1 aliphatic heterocycles. The summed E-state index contributed by atoms with van der Waals surface area (Å²) in [5, 5.41) is 0.612. The lowest BCUT2D eigenvalue weighted by molar-refractivity contribution is -0.136. The highest BCUT2D eigenvalue weighted by Crippen LogP contribution is 2.25. The highest BCUT2D eigenvalue weighted by Gasteiger charge is 2.29. The molecule has 2 aromatic rings. The van der Waals surface area contributed by atoms with Gasteiger partial charge in [-0.15, -0.1) is 11.3 Å². The Morgan fingerprint density at radius 1 is 1.12 bits per heavy atom. The summed E-state index contributed by atoms with van der Waals surface area (Å²) in [5.74, 6) is 0.0898. The number of carbonyl (C=O) groups is 2. The average Bonchev–Trinajstić information content (AvgIpc) is 3.06. The van der Waals surface area contributed by atoms with Crippen LogP contribution in [0.2, 0.25) is 9.36 Å². The van der Waals surface area contributed by atoms with Gasteiger partial charge in [0.2, 0.25) is 5.91 Å². The molecule has 0 radical (unpaired) electrons. The summed E-state index contributed by atoms with van der Waals surface area (Å²) >= 11 is 13.3. The van der Waals surface area contributed by atoms with E-state index in [2.05, 4.69) is 0 Å². The molecule has 0 atom stereocenters. The SMILES string of the molecule is CN(Cc1ccc(Cl)s1)C(=O)C1CCN(C(=O)c2ccc(Cl)cc2)CC1. The van der Waals surface area contributed by atoms with Gasteiger partial charge in [-0.1, -0.05) is 23.2 Å². The molecule has 2 heterocycles. The molecule has 26 heavy (non-hydrogen) atoms. The van der Waals surface area contributed by atoms with Gasteiger partial charge in [0.05, 0.1) is 10.9 Å². The fourth-order valence-electron chi connectivity index (χ4n) is 3.16. The minimum atomic E-state index is -0.0373. The summed E-state index contributed by atoms with van der Waals surface area (Å²) in [6.45, 7) is 1.76. The third kappa shape index (κ3) is 4.58. The molecule has 2 amide bonds. The number of nitrogens with zero attached hydrogens (tertiary/aromatic N) is 2. The standard InChI is InChI=1S/C19H20Cl2N2O2S/c1-22(12-16-6-7-17(21)26-16)18(24)14-8-10-23(11-9-14)19(25)13-2-4-15(20)5-3-13/h2-7,14H,8-12H2,1H3.